The molecule has 0 amide bonds. The Hall–Kier alpha value is -0.350. The van der Waals surface area contributed by atoms with E-state index in [9.17, 15) is 0 Å². The lowest BCUT2D eigenvalue weighted by molar-refractivity contribution is 0.148. The van der Waals surface area contributed by atoms with Crippen molar-refractivity contribution in [1.29, 1.82) is 0 Å². The Morgan fingerprint density at radius 3 is 2.55 bits per heavy atom. The molecule has 0 aromatic heterocycles. The van der Waals surface area contributed by atoms with Crippen LogP contribution in [0.25, 0.3) is 0 Å². The Balaban J connectivity index is 4.55. The second-order valence-corrected chi connectivity index (χ2v) is 2.89. The summed E-state index contributed by atoms with van der Waals surface area (Å²) >= 11 is 0. The van der Waals surface area contributed by atoms with E-state index in [2.05, 4.69) is 11.8 Å². The molecule has 2 unspecified atom stereocenters. The van der Waals surface area contributed by atoms with E-state index in [1.165, 1.54) is 7.11 Å². The van der Waals surface area contributed by atoms with Gasteiger partial charge in [0.1, 0.15) is 0 Å². The fraction of sp³-hybridized carbons (Fsp3) is 0.500. The van der Waals surface area contributed by atoms with Crippen LogP contribution < -0.4 is 0 Å². The van der Waals surface area contributed by atoms with Gasteiger partial charge in [-0.15, -0.1) is 5.92 Å². The van der Waals surface area contributed by atoms with Crippen molar-refractivity contribution in [2.75, 3.05) is 7.11 Å². The number of hydrogen-bond acceptors (Lipinski definition) is 2. The van der Waals surface area contributed by atoms with E-state index < -0.39 is 5.34 Å². The van der Waals surface area contributed by atoms with E-state index in [1.54, 1.807) is 13.0 Å². The van der Waals surface area contributed by atoms with Crippen LogP contribution in [0, 0.1) is 11.8 Å². The first-order chi connectivity index (χ1) is 5.24. The van der Waals surface area contributed by atoms with Gasteiger partial charge in [0.25, 0.3) is 0 Å². The molecule has 0 aromatic rings. The standard InChI is InChI=1S/C8H13O2P/c1-4-6-8(10-3,11-9)7-5-2/h4,6,9,11H,1-3H3. The largest absolute Gasteiger partial charge is 0.373 e. The van der Waals surface area contributed by atoms with E-state index in [1.807, 2.05) is 13.0 Å². The lowest BCUT2D eigenvalue weighted by Crippen LogP contribution is -2.19. The highest BCUT2D eigenvalue weighted by atomic mass is 31.1. The number of hydrogen-bond donors (Lipinski definition) is 1. The molecule has 0 radical (unpaired) electrons. The summed E-state index contributed by atoms with van der Waals surface area (Å²) in [5, 5.41) is -0.774. The van der Waals surface area contributed by atoms with Crippen LogP contribution in [0.1, 0.15) is 13.8 Å². The minimum atomic E-state index is -0.774. The van der Waals surface area contributed by atoms with Gasteiger partial charge in [-0.2, -0.15) is 0 Å². The Morgan fingerprint density at radius 2 is 2.27 bits per heavy atom. The SMILES string of the molecule is CC#CC(C=CC)(OC)PO. The van der Waals surface area contributed by atoms with Gasteiger partial charge < -0.3 is 9.63 Å². The normalized spacial score (nSPS) is 16.7. The summed E-state index contributed by atoms with van der Waals surface area (Å²) in [5.74, 6) is 5.52. The van der Waals surface area contributed by atoms with Gasteiger partial charge in [0.15, 0.2) is 5.34 Å². The molecule has 62 valence electrons. The molecular weight excluding hydrogens is 159 g/mol. The van der Waals surface area contributed by atoms with Crippen LogP contribution in [0.2, 0.25) is 0 Å². The van der Waals surface area contributed by atoms with E-state index in [-0.39, 0.29) is 8.81 Å². The molecule has 2 nitrogen and oxygen atoms in total. The summed E-state index contributed by atoms with van der Waals surface area (Å²) in [6, 6.07) is 0. The molecular formula is C8H13O2P. The molecule has 1 N–H and O–H groups in total. The van der Waals surface area contributed by atoms with Crippen molar-refractivity contribution in [2.24, 2.45) is 0 Å². The summed E-state index contributed by atoms with van der Waals surface area (Å²) in [6.07, 6.45) is 3.57. The zero-order valence-corrected chi connectivity index (χ0v) is 8.01. The molecule has 0 fully saturated rings. The molecule has 0 bridgehead atoms. The molecule has 0 aliphatic carbocycles. The molecule has 0 aliphatic rings. The Bertz CT molecular complexity index is 184. The molecule has 3 heteroatoms. The number of allylic oxidation sites excluding steroid dienone is 1. The van der Waals surface area contributed by atoms with Crippen molar-refractivity contribution in [1.82, 2.24) is 0 Å². The van der Waals surface area contributed by atoms with Gasteiger partial charge in [0.05, 0.1) is 8.81 Å². The number of rotatable bonds is 3. The maximum absolute atomic E-state index is 8.99. The third-order valence-electron chi connectivity index (χ3n) is 1.20. The number of ether oxygens (including phenoxy) is 1. The van der Waals surface area contributed by atoms with Crippen molar-refractivity contribution in [3.8, 4) is 11.8 Å². The van der Waals surface area contributed by atoms with Crippen LogP contribution in [0.15, 0.2) is 12.2 Å². The van der Waals surface area contributed by atoms with E-state index >= 15 is 0 Å². The predicted octanol–water partition coefficient (Wildman–Crippen LogP) is 1.51. The molecule has 0 saturated heterocycles. The monoisotopic (exact) mass is 172 g/mol. The highest BCUT2D eigenvalue weighted by Gasteiger charge is 2.22. The smallest absolute Gasteiger partial charge is 0.186 e. The summed E-state index contributed by atoms with van der Waals surface area (Å²) in [7, 11) is 1.19. The summed E-state index contributed by atoms with van der Waals surface area (Å²) in [6.45, 7) is 3.59. The summed E-state index contributed by atoms with van der Waals surface area (Å²) in [4.78, 5) is 8.99. The van der Waals surface area contributed by atoms with Gasteiger partial charge in [0.2, 0.25) is 0 Å². The second-order valence-electron chi connectivity index (χ2n) is 1.93. The third kappa shape index (κ3) is 3.03. The van der Waals surface area contributed by atoms with Crippen LogP contribution in [0.4, 0.5) is 0 Å². The number of methoxy groups -OCH3 is 1. The van der Waals surface area contributed by atoms with Crippen LogP contribution in [-0.4, -0.2) is 17.3 Å². The Morgan fingerprint density at radius 1 is 1.64 bits per heavy atom. The summed E-state index contributed by atoms with van der Waals surface area (Å²) in [5.41, 5.74) is 0. The minimum absolute atomic E-state index is 0.350. The molecule has 11 heavy (non-hydrogen) atoms. The highest BCUT2D eigenvalue weighted by Crippen LogP contribution is 2.29. The minimum Gasteiger partial charge on any atom is -0.373 e. The molecule has 0 rings (SSSR count). The Labute approximate surface area is 69.5 Å². The Kier molecular flexibility index (Phi) is 5.15. The van der Waals surface area contributed by atoms with Crippen molar-refractivity contribution in [3.63, 3.8) is 0 Å². The zero-order chi connectivity index (χ0) is 8.74. The second kappa shape index (κ2) is 5.32. The first kappa shape index (κ1) is 10.7. The van der Waals surface area contributed by atoms with Gasteiger partial charge in [-0.3, -0.25) is 0 Å². The maximum Gasteiger partial charge on any atom is 0.186 e. The fourth-order valence-electron chi connectivity index (χ4n) is 0.692. The molecule has 0 aliphatic heterocycles. The molecule has 0 aromatic carbocycles. The predicted molar refractivity (Wildman–Crippen MR) is 48.5 cm³/mol. The molecule has 0 heterocycles. The first-order valence-electron chi connectivity index (χ1n) is 3.29. The van der Waals surface area contributed by atoms with Gasteiger partial charge in [-0.25, -0.2) is 0 Å². The molecule has 2 atom stereocenters. The topological polar surface area (TPSA) is 29.5 Å². The van der Waals surface area contributed by atoms with Crippen LogP contribution >= 0.6 is 8.81 Å². The van der Waals surface area contributed by atoms with Gasteiger partial charge in [-0.05, 0) is 19.9 Å². The van der Waals surface area contributed by atoms with E-state index in [0.29, 0.717) is 0 Å². The van der Waals surface area contributed by atoms with Crippen molar-refractivity contribution < 1.29 is 9.63 Å². The molecule has 0 spiro atoms. The van der Waals surface area contributed by atoms with Crippen molar-refractivity contribution in [3.05, 3.63) is 12.2 Å². The third-order valence-corrected chi connectivity index (χ3v) is 2.03. The maximum atomic E-state index is 8.99. The van der Waals surface area contributed by atoms with Crippen LogP contribution in [0.5, 0.6) is 0 Å². The quantitative estimate of drug-likeness (QED) is 0.397. The zero-order valence-electron chi connectivity index (χ0n) is 7.01. The van der Waals surface area contributed by atoms with Gasteiger partial charge in [-0.1, -0.05) is 12.0 Å². The van der Waals surface area contributed by atoms with Crippen LogP contribution in [0.3, 0.4) is 0 Å². The lowest BCUT2D eigenvalue weighted by Gasteiger charge is -2.19. The van der Waals surface area contributed by atoms with Gasteiger partial charge >= 0.3 is 0 Å². The van der Waals surface area contributed by atoms with E-state index in [0.717, 1.165) is 0 Å². The average Bonchev–Trinajstić information content (AvgIpc) is 2.04. The van der Waals surface area contributed by atoms with Crippen molar-refractivity contribution in [2.45, 2.75) is 19.2 Å². The molecule has 0 saturated carbocycles. The lowest BCUT2D eigenvalue weighted by atomic mass is 10.3. The highest BCUT2D eigenvalue weighted by molar-refractivity contribution is 7.33. The van der Waals surface area contributed by atoms with Crippen molar-refractivity contribution >= 4 is 8.81 Å². The fourth-order valence-corrected chi connectivity index (χ4v) is 1.21. The average molecular weight is 172 g/mol. The first-order valence-corrected chi connectivity index (χ1v) is 4.23. The summed E-state index contributed by atoms with van der Waals surface area (Å²) < 4.78 is 5.07. The van der Waals surface area contributed by atoms with Crippen LogP contribution in [-0.2, 0) is 4.74 Å². The van der Waals surface area contributed by atoms with E-state index in [4.69, 9.17) is 9.63 Å². The van der Waals surface area contributed by atoms with Gasteiger partial charge in [0, 0.05) is 7.11 Å².